The van der Waals surface area contributed by atoms with Gasteiger partial charge in [0.2, 0.25) is 0 Å². The molecular formula is C24H25F2N5O3. The highest BCUT2D eigenvalue weighted by molar-refractivity contribution is 5.92. The molecule has 1 saturated carbocycles. The van der Waals surface area contributed by atoms with Gasteiger partial charge in [-0.3, -0.25) is 19.5 Å². The van der Waals surface area contributed by atoms with Crippen LogP contribution in [0.5, 0.6) is 5.75 Å². The van der Waals surface area contributed by atoms with E-state index in [-0.39, 0.29) is 47.3 Å². The van der Waals surface area contributed by atoms with Crippen LogP contribution in [0.15, 0.2) is 29.2 Å². The first-order valence-electron chi connectivity index (χ1n) is 11.4. The minimum atomic E-state index is -0.839. The average Bonchev–Trinajstić information content (AvgIpc) is 3.64. The van der Waals surface area contributed by atoms with Gasteiger partial charge in [-0.1, -0.05) is 6.92 Å². The number of carbonyl (C=O) groups is 1. The van der Waals surface area contributed by atoms with E-state index in [1.807, 2.05) is 18.7 Å². The molecule has 2 N–H and O–H groups in total. The summed E-state index contributed by atoms with van der Waals surface area (Å²) in [5, 5.41) is 2.77. The Morgan fingerprint density at radius 3 is 2.76 bits per heavy atom. The largest absolute Gasteiger partial charge is 0.483 e. The zero-order valence-corrected chi connectivity index (χ0v) is 18.9. The number of rotatable bonds is 7. The van der Waals surface area contributed by atoms with Gasteiger partial charge in [0, 0.05) is 42.5 Å². The molecule has 4 heterocycles. The van der Waals surface area contributed by atoms with Crippen LogP contribution in [0.2, 0.25) is 0 Å². The summed E-state index contributed by atoms with van der Waals surface area (Å²) < 4.78 is 35.2. The van der Waals surface area contributed by atoms with Crippen molar-refractivity contribution >= 4 is 16.9 Å². The zero-order valence-electron chi connectivity index (χ0n) is 18.9. The second-order valence-electron chi connectivity index (χ2n) is 8.89. The molecule has 0 spiro atoms. The van der Waals surface area contributed by atoms with Crippen LogP contribution in [0, 0.1) is 11.8 Å². The quantitative estimate of drug-likeness (QED) is 0.516. The molecular weight excluding hydrogens is 444 g/mol. The van der Waals surface area contributed by atoms with Crippen molar-refractivity contribution in [2.24, 2.45) is 0 Å². The van der Waals surface area contributed by atoms with Crippen molar-refractivity contribution < 1.29 is 18.3 Å². The fourth-order valence-electron chi connectivity index (χ4n) is 4.06. The van der Waals surface area contributed by atoms with E-state index in [9.17, 15) is 14.0 Å². The molecule has 2 atom stereocenters. The summed E-state index contributed by atoms with van der Waals surface area (Å²) in [7, 11) is 0. The topological polar surface area (TPSA) is 100 Å². The van der Waals surface area contributed by atoms with Gasteiger partial charge >= 0.3 is 0 Å². The number of fused-ring (bicyclic) bond motifs is 1. The van der Waals surface area contributed by atoms with Crippen molar-refractivity contribution in [1.29, 1.82) is 0 Å². The van der Waals surface area contributed by atoms with E-state index in [1.54, 1.807) is 6.07 Å². The minimum absolute atomic E-state index is 0.0170. The molecule has 0 aromatic carbocycles. The molecule has 34 heavy (non-hydrogen) atoms. The van der Waals surface area contributed by atoms with Crippen molar-refractivity contribution in [3.05, 3.63) is 63.3 Å². The number of aryl methyl sites for hydroxylation is 1. The molecule has 1 saturated heterocycles. The molecule has 3 aromatic heterocycles. The number of nitrogens with one attached hydrogen (secondary N) is 2. The minimum Gasteiger partial charge on any atom is -0.483 e. The fourth-order valence-corrected chi connectivity index (χ4v) is 4.06. The van der Waals surface area contributed by atoms with Gasteiger partial charge in [-0.05, 0) is 44.4 Å². The lowest BCUT2D eigenvalue weighted by molar-refractivity contribution is -0.0437. The smallest absolute Gasteiger partial charge is 0.270 e. The van der Waals surface area contributed by atoms with Crippen molar-refractivity contribution in [2.45, 2.75) is 57.8 Å². The molecule has 0 unspecified atom stereocenters. The lowest BCUT2D eigenvalue weighted by Gasteiger charge is -2.45. The maximum Gasteiger partial charge on any atom is 0.270 e. The van der Waals surface area contributed by atoms with Crippen molar-refractivity contribution in [3.8, 4) is 5.75 Å². The van der Waals surface area contributed by atoms with Gasteiger partial charge in [0.05, 0.1) is 5.52 Å². The Morgan fingerprint density at radius 1 is 1.29 bits per heavy atom. The molecule has 0 bridgehead atoms. The van der Waals surface area contributed by atoms with Crippen molar-refractivity contribution in [1.82, 2.24) is 25.2 Å². The maximum absolute atomic E-state index is 15.1. The third-order valence-electron chi connectivity index (χ3n) is 6.48. The number of aromatic amines is 1. The Bertz CT molecular complexity index is 1320. The first-order valence-corrected chi connectivity index (χ1v) is 11.4. The molecule has 0 radical (unpaired) electrons. The zero-order chi connectivity index (χ0) is 24.0. The van der Waals surface area contributed by atoms with E-state index >= 15 is 4.39 Å². The molecule has 8 nitrogen and oxygen atoms in total. The van der Waals surface area contributed by atoms with E-state index in [0.717, 1.165) is 12.8 Å². The van der Waals surface area contributed by atoms with Crippen LogP contribution in [0.3, 0.4) is 0 Å². The third kappa shape index (κ3) is 4.25. The third-order valence-corrected chi connectivity index (χ3v) is 6.48. The molecule has 1 amide bonds. The van der Waals surface area contributed by atoms with Gasteiger partial charge in [-0.25, -0.2) is 9.37 Å². The molecule has 1 aliphatic heterocycles. The van der Waals surface area contributed by atoms with Crippen LogP contribution in [0.25, 0.3) is 11.0 Å². The molecule has 1 aliphatic carbocycles. The molecule has 2 fully saturated rings. The number of nitrogens with zero attached hydrogens (tertiary/aromatic N) is 3. The van der Waals surface area contributed by atoms with Gasteiger partial charge in [0.25, 0.3) is 17.4 Å². The van der Waals surface area contributed by atoms with E-state index < -0.39 is 17.7 Å². The van der Waals surface area contributed by atoms with Gasteiger partial charge in [0.1, 0.15) is 17.3 Å². The number of hydrogen-bond donors (Lipinski definition) is 2. The van der Waals surface area contributed by atoms with Crippen LogP contribution in [-0.2, 0) is 13.0 Å². The Labute approximate surface area is 194 Å². The summed E-state index contributed by atoms with van der Waals surface area (Å²) in [6.45, 7) is 4.48. The van der Waals surface area contributed by atoms with Gasteiger partial charge < -0.3 is 15.0 Å². The van der Waals surface area contributed by atoms with Crippen LogP contribution < -0.4 is 15.6 Å². The number of carbonyl (C=O) groups excluding carboxylic acids is 1. The number of amides is 1. The van der Waals surface area contributed by atoms with Gasteiger partial charge in [0.15, 0.2) is 11.6 Å². The highest BCUT2D eigenvalue weighted by Gasteiger charge is 2.38. The second-order valence-corrected chi connectivity index (χ2v) is 8.89. The standard InChI is InChI=1S/C24H25F2N5O3/c1-3-13-8-17-21(30-23(13)32)20(25)14(9-27-17)10-31-11-19(12(31)2)34-18-7-6-16(29-22(18)26)24(33)28-15-4-5-15/h6-9,12,15,19H,3-5,10-11H2,1-2H3,(H,28,33)(H,30,32)/t12-,19+/m1/s1. The maximum atomic E-state index is 15.1. The second kappa shape index (κ2) is 8.75. The first-order chi connectivity index (χ1) is 16.3. The Balaban J connectivity index is 1.23. The first kappa shape index (κ1) is 22.4. The average molecular weight is 469 g/mol. The summed E-state index contributed by atoms with van der Waals surface area (Å²) in [4.78, 5) is 36.7. The SMILES string of the molecule is CCc1cc2ncc(CN3C[C@H](Oc4ccc(C(=O)NC5CC5)nc4F)[C@H]3C)c(F)c2[nH]c1=O. The predicted molar refractivity (Wildman–Crippen MR) is 121 cm³/mol. The van der Waals surface area contributed by atoms with Crippen molar-refractivity contribution in [2.75, 3.05) is 6.54 Å². The predicted octanol–water partition coefficient (Wildman–Crippen LogP) is 2.70. The van der Waals surface area contributed by atoms with E-state index in [2.05, 4.69) is 20.3 Å². The fraction of sp³-hybridized carbons (Fsp3) is 0.417. The summed E-state index contributed by atoms with van der Waals surface area (Å²) in [6, 6.07) is 4.51. The van der Waals surface area contributed by atoms with E-state index in [0.29, 0.717) is 29.6 Å². The number of hydrogen-bond acceptors (Lipinski definition) is 6. The highest BCUT2D eigenvalue weighted by Crippen LogP contribution is 2.28. The number of halogens is 2. The Morgan fingerprint density at radius 2 is 2.09 bits per heavy atom. The lowest BCUT2D eigenvalue weighted by Crippen LogP contribution is -2.60. The summed E-state index contributed by atoms with van der Waals surface area (Å²) in [5.41, 5.74) is 1.12. The van der Waals surface area contributed by atoms with Crippen LogP contribution in [0.4, 0.5) is 8.78 Å². The molecule has 3 aromatic rings. The monoisotopic (exact) mass is 469 g/mol. The molecule has 2 aliphatic rings. The number of likely N-dealkylation sites (tertiary alicyclic amines) is 1. The van der Waals surface area contributed by atoms with E-state index in [4.69, 9.17) is 4.74 Å². The number of ether oxygens (including phenoxy) is 1. The summed E-state index contributed by atoms with van der Waals surface area (Å²) in [5.74, 6) is -1.76. The molecule has 10 heteroatoms. The van der Waals surface area contributed by atoms with Crippen molar-refractivity contribution in [3.63, 3.8) is 0 Å². The number of pyridine rings is 3. The highest BCUT2D eigenvalue weighted by atomic mass is 19.1. The summed E-state index contributed by atoms with van der Waals surface area (Å²) >= 11 is 0. The van der Waals surface area contributed by atoms with Crippen LogP contribution in [0.1, 0.15) is 48.3 Å². The number of aromatic nitrogens is 3. The Kier molecular flexibility index (Phi) is 5.76. The van der Waals surface area contributed by atoms with Crippen LogP contribution in [-0.4, -0.2) is 50.5 Å². The number of H-pyrrole nitrogens is 1. The lowest BCUT2D eigenvalue weighted by atomic mass is 9.99. The Hall–Kier alpha value is -3.40. The summed E-state index contributed by atoms with van der Waals surface area (Å²) in [6.07, 6.45) is 3.57. The van der Waals surface area contributed by atoms with Gasteiger partial charge in [-0.2, -0.15) is 4.39 Å². The van der Waals surface area contributed by atoms with Crippen LogP contribution >= 0.6 is 0 Å². The van der Waals surface area contributed by atoms with E-state index in [1.165, 1.54) is 18.3 Å². The normalized spacial score (nSPS) is 20.2. The molecule has 5 rings (SSSR count). The van der Waals surface area contributed by atoms with Gasteiger partial charge in [-0.15, -0.1) is 0 Å². The molecule has 178 valence electrons.